The lowest BCUT2D eigenvalue weighted by molar-refractivity contribution is -0.126. The monoisotopic (exact) mass is 192 g/mol. The molecule has 0 saturated heterocycles. The van der Waals surface area contributed by atoms with Crippen LogP contribution in [0.2, 0.25) is 0 Å². The summed E-state index contributed by atoms with van der Waals surface area (Å²) in [6.07, 6.45) is 4.27. The first-order chi connectivity index (χ1) is 5.25. The number of carbonyl (C=O) groups excluding carboxylic acids is 1. The number of rotatable bonds is 2. The Morgan fingerprint density at radius 3 is 2.08 bits per heavy atom. The van der Waals surface area contributed by atoms with Gasteiger partial charge in [0.25, 0.3) is 0 Å². The van der Waals surface area contributed by atoms with Gasteiger partial charge in [-0.3, -0.25) is 4.79 Å². The summed E-state index contributed by atoms with van der Waals surface area (Å²) >= 11 is 0. The third-order valence-electron chi connectivity index (χ3n) is 2.60. The molecule has 3 nitrogen and oxygen atoms in total. The molecule has 0 radical (unpaired) electrons. The van der Waals surface area contributed by atoms with Gasteiger partial charge in [0.15, 0.2) is 0 Å². The molecule has 2 N–H and O–H groups in total. The van der Waals surface area contributed by atoms with E-state index >= 15 is 0 Å². The van der Waals surface area contributed by atoms with Crippen LogP contribution in [0.4, 0.5) is 0 Å². The summed E-state index contributed by atoms with van der Waals surface area (Å²) in [5.41, 5.74) is -0.255. The summed E-state index contributed by atoms with van der Waals surface area (Å²) in [6.45, 7) is 0. The SMILES string of the molecule is CNC(=O)C1(NC)CCCC1.Cl. The van der Waals surface area contributed by atoms with E-state index < -0.39 is 0 Å². The molecular formula is C8H17ClN2O. The van der Waals surface area contributed by atoms with Crippen molar-refractivity contribution in [3.8, 4) is 0 Å². The van der Waals surface area contributed by atoms with E-state index in [0.717, 1.165) is 25.7 Å². The lowest BCUT2D eigenvalue weighted by Crippen LogP contribution is -2.52. The molecule has 0 aromatic carbocycles. The molecule has 0 aliphatic heterocycles. The number of hydrogen-bond acceptors (Lipinski definition) is 2. The predicted molar refractivity (Wildman–Crippen MR) is 51.6 cm³/mol. The van der Waals surface area contributed by atoms with Crippen molar-refractivity contribution in [2.75, 3.05) is 14.1 Å². The van der Waals surface area contributed by atoms with Gasteiger partial charge in [-0.05, 0) is 19.9 Å². The molecule has 4 heteroatoms. The fraction of sp³-hybridized carbons (Fsp3) is 0.875. The largest absolute Gasteiger partial charge is 0.358 e. The van der Waals surface area contributed by atoms with E-state index in [0.29, 0.717) is 0 Å². The van der Waals surface area contributed by atoms with Crippen molar-refractivity contribution >= 4 is 18.3 Å². The Morgan fingerprint density at radius 1 is 1.25 bits per heavy atom. The minimum Gasteiger partial charge on any atom is -0.358 e. The molecule has 1 rings (SSSR count). The van der Waals surface area contributed by atoms with Gasteiger partial charge in [-0.1, -0.05) is 12.8 Å². The molecule has 0 bridgehead atoms. The first-order valence-electron chi connectivity index (χ1n) is 4.16. The van der Waals surface area contributed by atoms with Crippen LogP contribution in [0, 0.1) is 0 Å². The molecular weight excluding hydrogens is 176 g/mol. The second-order valence-electron chi connectivity index (χ2n) is 3.12. The standard InChI is InChI=1S/C8H16N2O.ClH/c1-9-7(11)8(10-2)5-3-4-6-8;/h10H,3-6H2,1-2H3,(H,9,11);1H. The number of nitrogens with one attached hydrogen (secondary N) is 2. The van der Waals surface area contributed by atoms with Gasteiger partial charge < -0.3 is 10.6 Å². The Balaban J connectivity index is 0.00000121. The van der Waals surface area contributed by atoms with Gasteiger partial charge in [0.2, 0.25) is 5.91 Å². The zero-order chi connectivity index (χ0) is 8.32. The van der Waals surface area contributed by atoms with Crippen molar-refractivity contribution in [3.63, 3.8) is 0 Å². The average molecular weight is 193 g/mol. The molecule has 0 aromatic rings. The van der Waals surface area contributed by atoms with E-state index in [2.05, 4.69) is 10.6 Å². The van der Waals surface area contributed by atoms with Crippen LogP contribution in [-0.4, -0.2) is 25.5 Å². The molecule has 0 atom stereocenters. The summed E-state index contributed by atoms with van der Waals surface area (Å²) in [7, 11) is 3.56. The highest BCUT2D eigenvalue weighted by Gasteiger charge is 2.38. The van der Waals surface area contributed by atoms with Crippen LogP contribution in [0.3, 0.4) is 0 Å². The highest BCUT2D eigenvalue weighted by atomic mass is 35.5. The maximum Gasteiger partial charge on any atom is 0.240 e. The molecule has 0 spiro atoms. The fourth-order valence-corrected chi connectivity index (χ4v) is 1.81. The molecule has 0 aromatic heterocycles. The Labute approximate surface area is 79.7 Å². The molecule has 1 aliphatic carbocycles. The zero-order valence-electron chi connectivity index (χ0n) is 7.64. The molecule has 12 heavy (non-hydrogen) atoms. The maximum atomic E-state index is 11.4. The van der Waals surface area contributed by atoms with Gasteiger partial charge in [-0.15, -0.1) is 12.4 Å². The van der Waals surface area contributed by atoms with E-state index in [1.54, 1.807) is 7.05 Å². The van der Waals surface area contributed by atoms with Crippen molar-refractivity contribution in [2.45, 2.75) is 31.2 Å². The van der Waals surface area contributed by atoms with Crippen LogP contribution in [-0.2, 0) is 4.79 Å². The smallest absolute Gasteiger partial charge is 0.240 e. The van der Waals surface area contributed by atoms with Crippen molar-refractivity contribution in [3.05, 3.63) is 0 Å². The van der Waals surface area contributed by atoms with E-state index in [4.69, 9.17) is 0 Å². The van der Waals surface area contributed by atoms with Gasteiger partial charge in [-0.2, -0.15) is 0 Å². The topological polar surface area (TPSA) is 41.1 Å². The number of carbonyl (C=O) groups is 1. The quantitative estimate of drug-likeness (QED) is 0.676. The Bertz CT molecular complexity index is 155. The highest BCUT2D eigenvalue weighted by Crippen LogP contribution is 2.29. The molecule has 1 saturated carbocycles. The second kappa shape index (κ2) is 4.67. The first-order valence-corrected chi connectivity index (χ1v) is 4.16. The van der Waals surface area contributed by atoms with Gasteiger partial charge >= 0.3 is 0 Å². The number of halogens is 1. The first kappa shape index (κ1) is 11.7. The predicted octanol–water partition coefficient (Wildman–Crippen LogP) is 0.686. The number of likely N-dealkylation sites (N-methyl/N-ethyl adjacent to an activating group) is 2. The molecule has 1 amide bonds. The summed E-state index contributed by atoms with van der Waals surface area (Å²) in [5, 5.41) is 5.81. The Morgan fingerprint density at radius 2 is 1.75 bits per heavy atom. The summed E-state index contributed by atoms with van der Waals surface area (Å²) in [6, 6.07) is 0. The minimum absolute atomic E-state index is 0. The summed E-state index contributed by atoms with van der Waals surface area (Å²) in [4.78, 5) is 11.4. The molecule has 1 aliphatic rings. The molecule has 72 valence electrons. The van der Waals surface area contributed by atoms with Crippen molar-refractivity contribution in [2.24, 2.45) is 0 Å². The van der Waals surface area contributed by atoms with E-state index in [1.165, 1.54) is 0 Å². The molecule has 0 unspecified atom stereocenters. The summed E-state index contributed by atoms with van der Waals surface area (Å²) in [5.74, 6) is 0.137. The second-order valence-corrected chi connectivity index (χ2v) is 3.12. The van der Waals surface area contributed by atoms with Gasteiger partial charge in [-0.25, -0.2) is 0 Å². The lowest BCUT2D eigenvalue weighted by Gasteiger charge is -2.25. The van der Waals surface area contributed by atoms with Crippen LogP contribution in [0.1, 0.15) is 25.7 Å². The lowest BCUT2D eigenvalue weighted by atomic mass is 9.97. The van der Waals surface area contributed by atoms with Gasteiger partial charge in [0.05, 0.1) is 5.54 Å². The maximum absolute atomic E-state index is 11.4. The van der Waals surface area contributed by atoms with Crippen molar-refractivity contribution in [1.29, 1.82) is 0 Å². The highest BCUT2D eigenvalue weighted by molar-refractivity contribution is 5.86. The normalized spacial score (nSPS) is 19.8. The summed E-state index contributed by atoms with van der Waals surface area (Å²) < 4.78 is 0. The van der Waals surface area contributed by atoms with Gasteiger partial charge in [0.1, 0.15) is 0 Å². The van der Waals surface area contributed by atoms with Crippen LogP contribution in [0.5, 0.6) is 0 Å². The molecule has 1 fully saturated rings. The third kappa shape index (κ3) is 1.90. The van der Waals surface area contributed by atoms with E-state index in [-0.39, 0.29) is 23.9 Å². The van der Waals surface area contributed by atoms with Crippen LogP contribution in [0.25, 0.3) is 0 Å². The Kier molecular flexibility index (Phi) is 4.57. The molecule has 0 heterocycles. The number of amides is 1. The fourth-order valence-electron chi connectivity index (χ4n) is 1.81. The van der Waals surface area contributed by atoms with E-state index in [1.807, 2.05) is 7.05 Å². The number of hydrogen-bond donors (Lipinski definition) is 2. The van der Waals surface area contributed by atoms with Gasteiger partial charge in [0, 0.05) is 7.05 Å². The van der Waals surface area contributed by atoms with Crippen molar-refractivity contribution in [1.82, 2.24) is 10.6 Å². The minimum atomic E-state index is -0.255. The zero-order valence-corrected chi connectivity index (χ0v) is 8.46. The van der Waals surface area contributed by atoms with E-state index in [9.17, 15) is 4.79 Å². The van der Waals surface area contributed by atoms with Crippen molar-refractivity contribution < 1.29 is 4.79 Å². The third-order valence-corrected chi connectivity index (χ3v) is 2.60. The average Bonchev–Trinajstić information content (AvgIpc) is 2.52. The van der Waals surface area contributed by atoms with Crippen LogP contribution < -0.4 is 10.6 Å². The Hall–Kier alpha value is -0.280. The van der Waals surface area contributed by atoms with Crippen LogP contribution in [0.15, 0.2) is 0 Å². The van der Waals surface area contributed by atoms with Crippen LogP contribution >= 0.6 is 12.4 Å².